The summed E-state index contributed by atoms with van der Waals surface area (Å²) in [7, 11) is 6.67. The van der Waals surface area contributed by atoms with Crippen molar-refractivity contribution in [2.45, 2.75) is 25.7 Å². The molecule has 0 saturated carbocycles. The summed E-state index contributed by atoms with van der Waals surface area (Å²) in [6, 6.07) is 24.3. The molecule has 0 atom stereocenters. The zero-order chi connectivity index (χ0) is 28.2. The van der Waals surface area contributed by atoms with E-state index >= 15 is 0 Å². The molecule has 0 spiro atoms. The zero-order valence-electron chi connectivity index (χ0n) is 23.1. The first-order valence-corrected chi connectivity index (χ1v) is 13.0. The maximum atomic E-state index is 9.88. The van der Waals surface area contributed by atoms with Crippen molar-refractivity contribution >= 4 is 0 Å². The van der Waals surface area contributed by atoms with Crippen molar-refractivity contribution < 1.29 is 18.9 Å². The van der Waals surface area contributed by atoms with Crippen LogP contribution < -0.4 is 18.9 Å². The number of nitriles is 2. The second-order valence-electron chi connectivity index (χ2n) is 9.81. The van der Waals surface area contributed by atoms with Gasteiger partial charge in [-0.15, -0.1) is 0 Å². The molecule has 0 heterocycles. The van der Waals surface area contributed by atoms with Crippen molar-refractivity contribution in [1.82, 2.24) is 0 Å². The minimum atomic E-state index is 0.514. The van der Waals surface area contributed by atoms with Gasteiger partial charge < -0.3 is 18.9 Å². The van der Waals surface area contributed by atoms with E-state index < -0.39 is 0 Å². The first-order chi connectivity index (χ1) is 19.5. The van der Waals surface area contributed by atoms with Gasteiger partial charge in [-0.25, -0.2) is 0 Å². The maximum absolute atomic E-state index is 9.88. The molecule has 40 heavy (non-hydrogen) atoms. The van der Waals surface area contributed by atoms with Crippen molar-refractivity contribution in [2.24, 2.45) is 0 Å². The molecular formula is C34H30N2O4. The summed E-state index contributed by atoms with van der Waals surface area (Å²) in [5, 5.41) is 19.8. The highest BCUT2D eigenvalue weighted by Gasteiger charge is 2.22. The lowest BCUT2D eigenvalue weighted by atomic mass is 9.90. The molecule has 4 aromatic rings. The quantitative estimate of drug-likeness (QED) is 0.277. The summed E-state index contributed by atoms with van der Waals surface area (Å²) in [6.07, 6.45) is 2.06. The van der Waals surface area contributed by atoms with E-state index in [0.29, 0.717) is 36.8 Å². The lowest BCUT2D eigenvalue weighted by Gasteiger charge is -2.21. The molecular weight excluding hydrogens is 500 g/mol. The highest BCUT2D eigenvalue weighted by molar-refractivity contribution is 5.58. The Morgan fingerprint density at radius 2 is 0.700 bits per heavy atom. The minimum absolute atomic E-state index is 0.514. The molecule has 0 saturated heterocycles. The van der Waals surface area contributed by atoms with E-state index in [1.165, 1.54) is 0 Å². The summed E-state index contributed by atoms with van der Waals surface area (Å²) >= 11 is 0. The van der Waals surface area contributed by atoms with E-state index in [4.69, 9.17) is 18.9 Å². The first kappa shape index (κ1) is 26.7. The van der Waals surface area contributed by atoms with Crippen molar-refractivity contribution in [3.8, 4) is 35.1 Å². The fourth-order valence-corrected chi connectivity index (χ4v) is 5.87. The van der Waals surface area contributed by atoms with Crippen LogP contribution in [0.1, 0.15) is 55.6 Å². The Hall–Kier alpha value is -4.94. The number of benzene rings is 4. The van der Waals surface area contributed by atoms with Crippen LogP contribution in [0.15, 0.2) is 60.7 Å². The molecule has 8 bridgehead atoms. The van der Waals surface area contributed by atoms with Gasteiger partial charge >= 0.3 is 0 Å². The SMILES string of the molecule is COc1c2cccc1Cc1cc(C#N)cc(c1OC)Cc1cccc(c1OC)Cc1cc(C#N)cc(c1OC)C2. The molecule has 1 aliphatic carbocycles. The third-order valence-corrected chi connectivity index (χ3v) is 7.44. The van der Waals surface area contributed by atoms with Crippen LogP contribution in [0.3, 0.4) is 0 Å². The normalized spacial score (nSPS) is 12.1. The van der Waals surface area contributed by atoms with Gasteiger partial charge in [0.15, 0.2) is 0 Å². The van der Waals surface area contributed by atoms with Gasteiger partial charge in [0.25, 0.3) is 0 Å². The van der Waals surface area contributed by atoms with Crippen molar-refractivity contribution in [3.63, 3.8) is 0 Å². The van der Waals surface area contributed by atoms with Gasteiger partial charge in [0.2, 0.25) is 0 Å². The molecule has 0 aliphatic heterocycles. The Morgan fingerprint density at radius 3 is 0.925 bits per heavy atom. The molecule has 1 aliphatic rings. The molecule has 0 aromatic heterocycles. The minimum Gasteiger partial charge on any atom is -0.496 e. The van der Waals surface area contributed by atoms with Crippen LogP contribution in [0.2, 0.25) is 0 Å². The predicted molar refractivity (Wildman–Crippen MR) is 153 cm³/mol. The smallest absolute Gasteiger partial charge is 0.126 e. The van der Waals surface area contributed by atoms with E-state index in [1.54, 1.807) is 28.4 Å². The highest BCUT2D eigenvalue weighted by atomic mass is 16.5. The number of methoxy groups -OCH3 is 4. The third kappa shape index (κ3) is 4.93. The second kappa shape index (κ2) is 11.4. The van der Waals surface area contributed by atoms with Crippen molar-refractivity contribution in [1.29, 1.82) is 10.5 Å². The van der Waals surface area contributed by atoms with Gasteiger partial charge in [-0.2, -0.15) is 10.5 Å². The van der Waals surface area contributed by atoms with Crippen LogP contribution in [0.25, 0.3) is 0 Å². The topological polar surface area (TPSA) is 84.5 Å². The Kier molecular flexibility index (Phi) is 7.62. The lowest BCUT2D eigenvalue weighted by Crippen LogP contribution is -2.07. The molecule has 5 rings (SSSR count). The number of para-hydroxylation sites is 2. The lowest BCUT2D eigenvalue weighted by molar-refractivity contribution is 0.395. The number of ether oxygens (including phenoxy) is 4. The van der Waals surface area contributed by atoms with Crippen LogP contribution in [-0.4, -0.2) is 28.4 Å². The Labute approximate surface area is 234 Å². The molecule has 0 radical (unpaired) electrons. The van der Waals surface area contributed by atoms with Crippen LogP contribution in [-0.2, 0) is 25.7 Å². The highest BCUT2D eigenvalue weighted by Crippen LogP contribution is 2.39. The van der Waals surface area contributed by atoms with Crippen LogP contribution >= 0.6 is 0 Å². The Balaban J connectivity index is 1.82. The molecule has 0 N–H and O–H groups in total. The van der Waals surface area contributed by atoms with E-state index in [0.717, 1.165) is 67.5 Å². The molecule has 0 fully saturated rings. The van der Waals surface area contributed by atoms with Crippen LogP contribution in [0.5, 0.6) is 23.0 Å². The molecule has 0 amide bonds. The Morgan fingerprint density at radius 1 is 0.450 bits per heavy atom. The van der Waals surface area contributed by atoms with E-state index in [2.05, 4.69) is 12.1 Å². The van der Waals surface area contributed by atoms with E-state index in [9.17, 15) is 10.5 Å². The molecule has 6 heteroatoms. The predicted octanol–water partition coefficient (Wildman–Crippen LogP) is 6.14. The summed E-state index contributed by atoms with van der Waals surface area (Å²) in [5.74, 6) is 3.02. The summed E-state index contributed by atoms with van der Waals surface area (Å²) in [6.45, 7) is 0. The summed E-state index contributed by atoms with van der Waals surface area (Å²) in [5.41, 5.74) is 8.65. The summed E-state index contributed by atoms with van der Waals surface area (Å²) < 4.78 is 23.9. The number of hydrogen-bond acceptors (Lipinski definition) is 6. The first-order valence-electron chi connectivity index (χ1n) is 13.0. The standard InChI is InChI=1S/C34H30N2O4/c1-37-31-23-7-5-8-24(31)16-28-12-22(20-36)14-30(34(28)40-4)18-26-10-6-9-25(32(26)38-2)17-29-13-21(19-35)11-27(15-23)33(29)39-3/h5-14H,15-18H2,1-4H3. The maximum Gasteiger partial charge on any atom is 0.126 e. The Bertz CT molecular complexity index is 1460. The van der Waals surface area contributed by atoms with Gasteiger partial charge in [-0.1, -0.05) is 36.4 Å². The number of nitrogens with zero attached hydrogens (tertiary/aromatic N) is 2. The molecule has 4 aromatic carbocycles. The fraction of sp³-hybridized carbons (Fsp3) is 0.235. The van der Waals surface area contributed by atoms with Crippen LogP contribution in [0.4, 0.5) is 0 Å². The average molecular weight is 531 g/mol. The number of hydrogen-bond donors (Lipinski definition) is 0. The molecule has 0 unspecified atom stereocenters. The van der Waals surface area contributed by atoms with Gasteiger partial charge in [0, 0.05) is 47.9 Å². The molecule has 6 nitrogen and oxygen atoms in total. The monoisotopic (exact) mass is 530 g/mol. The largest absolute Gasteiger partial charge is 0.496 e. The average Bonchev–Trinajstić information content (AvgIpc) is 2.96. The van der Waals surface area contributed by atoms with Gasteiger partial charge in [-0.05, 0) is 46.5 Å². The third-order valence-electron chi connectivity index (χ3n) is 7.44. The van der Waals surface area contributed by atoms with Crippen LogP contribution in [0, 0.1) is 22.7 Å². The van der Waals surface area contributed by atoms with Gasteiger partial charge in [-0.3, -0.25) is 0 Å². The summed E-state index contributed by atoms with van der Waals surface area (Å²) in [4.78, 5) is 0. The van der Waals surface area contributed by atoms with Crippen molar-refractivity contribution in [3.05, 3.63) is 116 Å². The number of fused-ring (bicyclic) bond motifs is 8. The molecule has 200 valence electrons. The van der Waals surface area contributed by atoms with Crippen molar-refractivity contribution in [2.75, 3.05) is 28.4 Å². The number of rotatable bonds is 4. The van der Waals surface area contributed by atoms with Gasteiger partial charge in [0.05, 0.1) is 51.7 Å². The van der Waals surface area contributed by atoms with E-state index in [-0.39, 0.29) is 0 Å². The fourth-order valence-electron chi connectivity index (χ4n) is 5.87. The second-order valence-corrected chi connectivity index (χ2v) is 9.81. The van der Waals surface area contributed by atoms with E-state index in [1.807, 2.05) is 60.7 Å². The van der Waals surface area contributed by atoms with Gasteiger partial charge in [0.1, 0.15) is 23.0 Å². The zero-order valence-corrected chi connectivity index (χ0v) is 23.1.